The van der Waals surface area contributed by atoms with E-state index in [2.05, 4.69) is 26.5 Å². The van der Waals surface area contributed by atoms with Crippen LogP contribution in [0.3, 0.4) is 0 Å². The first-order chi connectivity index (χ1) is 10.7. The van der Waals surface area contributed by atoms with Gasteiger partial charge in [-0.2, -0.15) is 5.10 Å². The molecule has 0 aliphatic rings. The number of amides is 1. The number of halogens is 1. The Balaban J connectivity index is 1.78. The predicted octanol–water partition coefficient (Wildman–Crippen LogP) is 4.22. The third-order valence-corrected chi connectivity index (χ3v) is 4.74. The summed E-state index contributed by atoms with van der Waals surface area (Å²) in [6.45, 7) is 1.88. The first-order valence-corrected chi connectivity index (χ1v) is 8.81. The standard InChI is InChI=1S/C17H17BrN2OS/c1-13(14-7-3-2-4-8-14)19-20-17(21)12-22-11-15-9-5-6-10-16(15)18/h2-10H,11-12H2,1H3,(H,20,21)/b19-13+. The van der Waals surface area contributed by atoms with Crippen molar-refractivity contribution < 1.29 is 4.79 Å². The van der Waals surface area contributed by atoms with Crippen molar-refractivity contribution in [2.75, 3.05) is 5.75 Å². The molecule has 0 aromatic heterocycles. The minimum Gasteiger partial charge on any atom is -0.272 e. The minimum absolute atomic E-state index is 0.0904. The molecule has 22 heavy (non-hydrogen) atoms. The third kappa shape index (κ3) is 5.31. The van der Waals surface area contributed by atoms with Gasteiger partial charge in [-0.05, 0) is 24.1 Å². The summed E-state index contributed by atoms with van der Waals surface area (Å²) in [4.78, 5) is 11.8. The van der Waals surface area contributed by atoms with Crippen LogP contribution in [-0.4, -0.2) is 17.4 Å². The summed E-state index contributed by atoms with van der Waals surface area (Å²) < 4.78 is 1.07. The fourth-order valence-electron chi connectivity index (χ4n) is 1.79. The molecule has 0 unspecified atom stereocenters. The highest BCUT2D eigenvalue weighted by Crippen LogP contribution is 2.21. The van der Waals surface area contributed by atoms with Gasteiger partial charge in [0.05, 0.1) is 11.5 Å². The lowest BCUT2D eigenvalue weighted by Crippen LogP contribution is -2.21. The van der Waals surface area contributed by atoms with E-state index < -0.39 is 0 Å². The lowest BCUT2D eigenvalue weighted by molar-refractivity contribution is -0.118. The van der Waals surface area contributed by atoms with Crippen LogP contribution in [0.4, 0.5) is 0 Å². The van der Waals surface area contributed by atoms with Gasteiger partial charge in [-0.15, -0.1) is 11.8 Å². The van der Waals surface area contributed by atoms with Crippen LogP contribution in [0.25, 0.3) is 0 Å². The number of carbonyl (C=O) groups excluding carboxylic acids is 1. The maximum absolute atomic E-state index is 11.8. The highest BCUT2D eigenvalue weighted by atomic mass is 79.9. The molecule has 0 atom stereocenters. The van der Waals surface area contributed by atoms with Crippen molar-refractivity contribution in [1.29, 1.82) is 0 Å². The highest BCUT2D eigenvalue weighted by molar-refractivity contribution is 9.10. The van der Waals surface area contributed by atoms with Crippen LogP contribution in [0.1, 0.15) is 18.1 Å². The Morgan fingerprint density at radius 3 is 2.55 bits per heavy atom. The lowest BCUT2D eigenvalue weighted by atomic mass is 10.1. The largest absolute Gasteiger partial charge is 0.272 e. The molecule has 0 aliphatic heterocycles. The molecule has 1 N–H and O–H groups in total. The molecular weight excluding hydrogens is 360 g/mol. The van der Waals surface area contributed by atoms with Crippen LogP contribution >= 0.6 is 27.7 Å². The molecule has 0 aliphatic carbocycles. The van der Waals surface area contributed by atoms with Crippen LogP contribution in [0.5, 0.6) is 0 Å². The van der Waals surface area contributed by atoms with Gasteiger partial charge in [-0.1, -0.05) is 64.5 Å². The molecule has 0 radical (unpaired) electrons. The van der Waals surface area contributed by atoms with Gasteiger partial charge in [-0.25, -0.2) is 5.43 Å². The Morgan fingerprint density at radius 2 is 1.82 bits per heavy atom. The van der Waals surface area contributed by atoms with Crippen molar-refractivity contribution in [3.8, 4) is 0 Å². The number of hydrazone groups is 1. The van der Waals surface area contributed by atoms with E-state index in [0.717, 1.165) is 21.5 Å². The minimum atomic E-state index is -0.0904. The molecule has 0 bridgehead atoms. The van der Waals surface area contributed by atoms with Crippen molar-refractivity contribution in [3.05, 3.63) is 70.2 Å². The van der Waals surface area contributed by atoms with E-state index in [1.165, 1.54) is 5.56 Å². The molecule has 0 heterocycles. The maximum Gasteiger partial charge on any atom is 0.250 e. The molecular formula is C17H17BrN2OS. The Bertz CT molecular complexity index is 659. The van der Waals surface area contributed by atoms with Gasteiger partial charge in [0, 0.05) is 10.2 Å². The van der Waals surface area contributed by atoms with E-state index >= 15 is 0 Å². The number of carbonyl (C=O) groups is 1. The molecule has 5 heteroatoms. The van der Waals surface area contributed by atoms with Crippen LogP contribution in [0.15, 0.2) is 64.2 Å². The molecule has 3 nitrogen and oxygen atoms in total. The van der Waals surface area contributed by atoms with Gasteiger partial charge < -0.3 is 0 Å². The number of hydrogen-bond acceptors (Lipinski definition) is 3. The molecule has 2 aromatic carbocycles. The molecule has 2 rings (SSSR count). The summed E-state index contributed by atoms with van der Waals surface area (Å²) >= 11 is 5.07. The van der Waals surface area contributed by atoms with Crippen molar-refractivity contribution in [2.45, 2.75) is 12.7 Å². The Morgan fingerprint density at radius 1 is 1.14 bits per heavy atom. The van der Waals surface area contributed by atoms with Gasteiger partial charge in [0.15, 0.2) is 0 Å². The number of benzene rings is 2. The van der Waals surface area contributed by atoms with Gasteiger partial charge in [0.25, 0.3) is 0 Å². The maximum atomic E-state index is 11.8. The first kappa shape index (κ1) is 16.8. The Labute approximate surface area is 143 Å². The van der Waals surface area contributed by atoms with E-state index in [-0.39, 0.29) is 5.91 Å². The van der Waals surface area contributed by atoms with Gasteiger partial charge in [0.1, 0.15) is 0 Å². The summed E-state index contributed by atoms with van der Waals surface area (Å²) in [6.07, 6.45) is 0. The number of nitrogens with zero attached hydrogens (tertiary/aromatic N) is 1. The van der Waals surface area contributed by atoms with Crippen LogP contribution in [0.2, 0.25) is 0 Å². The molecule has 0 fully saturated rings. The molecule has 1 amide bonds. The van der Waals surface area contributed by atoms with Crippen molar-refractivity contribution in [3.63, 3.8) is 0 Å². The zero-order chi connectivity index (χ0) is 15.8. The number of rotatable bonds is 6. The monoisotopic (exact) mass is 376 g/mol. The van der Waals surface area contributed by atoms with E-state index in [1.807, 2.05) is 61.5 Å². The SMILES string of the molecule is C/C(=N\NC(=O)CSCc1ccccc1Br)c1ccccc1. The zero-order valence-corrected chi connectivity index (χ0v) is 14.7. The third-order valence-electron chi connectivity index (χ3n) is 2.99. The normalized spacial score (nSPS) is 11.3. The fourth-order valence-corrected chi connectivity index (χ4v) is 3.23. The first-order valence-electron chi connectivity index (χ1n) is 6.86. The van der Waals surface area contributed by atoms with Crippen LogP contribution in [-0.2, 0) is 10.5 Å². The number of nitrogens with one attached hydrogen (secondary N) is 1. The predicted molar refractivity (Wildman–Crippen MR) is 97.1 cm³/mol. The molecule has 2 aromatic rings. The quantitative estimate of drug-likeness (QED) is 0.605. The average molecular weight is 377 g/mol. The van der Waals surface area contributed by atoms with E-state index in [9.17, 15) is 4.79 Å². The van der Waals surface area contributed by atoms with Crippen molar-refractivity contribution in [1.82, 2.24) is 5.43 Å². The van der Waals surface area contributed by atoms with Crippen LogP contribution in [0, 0.1) is 0 Å². The number of hydrogen-bond donors (Lipinski definition) is 1. The Hall–Kier alpha value is -1.59. The summed E-state index contributed by atoms with van der Waals surface area (Å²) in [5.41, 5.74) is 5.58. The summed E-state index contributed by atoms with van der Waals surface area (Å²) in [5.74, 6) is 1.08. The second kappa shape index (κ2) is 8.76. The zero-order valence-electron chi connectivity index (χ0n) is 12.3. The second-order valence-corrected chi connectivity index (χ2v) is 6.52. The second-order valence-electron chi connectivity index (χ2n) is 4.68. The van der Waals surface area contributed by atoms with E-state index in [1.54, 1.807) is 11.8 Å². The van der Waals surface area contributed by atoms with Crippen LogP contribution < -0.4 is 5.43 Å². The highest BCUT2D eigenvalue weighted by Gasteiger charge is 2.04. The smallest absolute Gasteiger partial charge is 0.250 e. The topological polar surface area (TPSA) is 41.5 Å². The van der Waals surface area contributed by atoms with Crippen molar-refractivity contribution >= 4 is 39.3 Å². The molecule has 0 spiro atoms. The van der Waals surface area contributed by atoms with E-state index in [0.29, 0.717) is 5.75 Å². The summed E-state index contributed by atoms with van der Waals surface area (Å²) in [6, 6.07) is 17.8. The van der Waals surface area contributed by atoms with Gasteiger partial charge >= 0.3 is 0 Å². The summed E-state index contributed by atoms with van der Waals surface area (Å²) in [5, 5.41) is 4.13. The molecule has 0 saturated carbocycles. The average Bonchev–Trinajstić information content (AvgIpc) is 2.55. The molecule has 114 valence electrons. The van der Waals surface area contributed by atoms with Gasteiger partial charge in [0.2, 0.25) is 5.91 Å². The fraction of sp³-hybridized carbons (Fsp3) is 0.176. The lowest BCUT2D eigenvalue weighted by Gasteiger charge is -2.04. The van der Waals surface area contributed by atoms with Crippen molar-refractivity contribution in [2.24, 2.45) is 5.10 Å². The van der Waals surface area contributed by atoms with Gasteiger partial charge in [-0.3, -0.25) is 4.79 Å². The Kier molecular flexibility index (Phi) is 6.68. The molecule has 0 saturated heterocycles. The number of thioether (sulfide) groups is 1. The summed E-state index contributed by atoms with van der Waals surface area (Å²) in [7, 11) is 0. The van der Waals surface area contributed by atoms with E-state index in [4.69, 9.17) is 0 Å².